The average molecular weight is 500 g/mol. The van der Waals surface area contributed by atoms with Gasteiger partial charge in [0.15, 0.2) is 0 Å². The Kier molecular flexibility index (Phi) is 12.3. The van der Waals surface area contributed by atoms with Gasteiger partial charge in [0.2, 0.25) is 23.6 Å². The molecule has 1 heterocycles. The highest BCUT2D eigenvalue weighted by Gasteiger charge is 2.36. The number of rotatable bonds is 4. The number of esters is 1. The predicted octanol–water partition coefficient (Wildman–Crippen LogP) is -2.27. The lowest BCUT2D eigenvalue weighted by Gasteiger charge is -2.31. The molecule has 0 aromatic heterocycles. The van der Waals surface area contributed by atoms with E-state index in [-0.39, 0.29) is 38.9 Å². The number of nitrogens with one attached hydrogen (secondary N) is 4. The highest BCUT2D eigenvalue weighted by Crippen LogP contribution is 2.09. The topological polar surface area (TPSA) is 187 Å². The molecule has 0 aromatic rings. The molecule has 1 aliphatic heterocycles. The zero-order valence-electron chi connectivity index (χ0n) is 20.8. The molecule has 0 saturated carbocycles. The monoisotopic (exact) mass is 499 g/mol. The standard InChI is InChI=1S/C22H37N5O8/c1-13(2)17-20(31)25-15(19(30)24-10-16(28)33-5)12-35-9-7-6-8-34-11-14(23)18(29)27-22(3,4)21(32)26-17/h6-7,13-15,17H,8-12,23H2,1-5H3,(H,24,30)(H,25,31)(H,26,32)(H,27,29)/t14-,15-,17-/m0/s1. The molecule has 13 nitrogen and oxygen atoms in total. The first kappa shape index (κ1) is 30.0. The molecule has 0 aromatic carbocycles. The number of ether oxygens (including phenoxy) is 3. The second-order valence-corrected chi connectivity index (χ2v) is 8.82. The number of hydrogen-bond acceptors (Lipinski definition) is 9. The lowest BCUT2D eigenvalue weighted by molar-refractivity contribution is -0.142. The summed E-state index contributed by atoms with van der Waals surface area (Å²) in [6.45, 7) is 5.96. The van der Waals surface area contributed by atoms with Crippen LogP contribution in [-0.2, 0) is 38.2 Å². The maximum absolute atomic E-state index is 13.0. The molecule has 35 heavy (non-hydrogen) atoms. The summed E-state index contributed by atoms with van der Waals surface area (Å²) in [5, 5.41) is 10.1. The van der Waals surface area contributed by atoms with Gasteiger partial charge in [0, 0.05) is 0 Å². The Morgan fingerprint density at radius 3 is 2.29 bits per heavy atom. The van der Waals surface area contributed by atoms with Gasteiger partial charge in [-0.25, -0.2) is 0 Å². The molecule has 3 atom stereocenters. The van der Waals surface area contributed by atoms with E-state index in [9.17, 15) is 24.0 Å². The first-order valence-corrected chi connectivity index (χ1v) is 11.2. The molecular formula is C22H37N5O8. The minimum absolute atomic E-state index is 0.0752. The number of hydrogen-bond donors (Lipinski definition) is 5. The third kappa shape index (κ3) is 10.4. The van der Waals surface area contributed by atoms with Crippen molar-refractivity contribution in [1.29, 1.82) is 0 Å². The smallest absolute Gasteiger partial charge is 0.325 e. The molecule has 13 heteroatoms. The zero-order valence-corrected chi connectivity index (χ0v) is 20.8. The molecule has 0 saturated heterocycles. The summed E-state index contributed by atoms with van der Waals surface area (Å²) < 4.78 is 15.3. The fourth-order valence-corrected chi connectivity index (χ4v) is 2.84. The summed E-state index contributed by atoms with van der Waals surface area (Å²) in [7, 11) is 1.18. The van der Waals surface area contributed by atoms with Gasteiger partial charge in [0.05, 0.1) is 33.5 Å². The van der Waals surface area contributed by atoms with Crippen LogP contribution >= 0.6 is 0 Å². The molecule has 0 unspecified atom stereocenters. The van der Waals surface area contributed by atoms with Gasteiger partial charge in [-0.1, -0.05) is 26.0 Å². The van der Waals surface area contributed by atoms with Crippen LogP contribution < -0.4 is 27.0 Å². The summed E-state index contributed by atoms with van der Waals surface area (Å²) in [6.07, 6.45) is 3.28. The summed E-state index contributed by atoms with van der Waals surface area (Å²) in [5.41, 5.74) is 4.45. The molecule has 0 fully saturated rings. The Bertz CT molecular complexity index is 799. The van der Waals surface area contributed by atoms with Crippen molar-refractivity contribution < 1.29 is 38.2 Å². The maximum atomic E-state index is 13.0. The predicted molar refractivity (Wildman–Crippen MR) is 125 cm³/mol. The van der Waals surface area contributed by atoms with Crippen molar-refractivity contribution >= 4 is 29.6 Å². The fraction of sp³-hybridized carbons (Fsp3) is 0.682. The van der Waals surface area contributed by atoms with Crippen molar-refractivity contribution in [2.24, 2.45) is 11.7 Å². The van der Waals surface area contributed by atoms with E-state index in [0.29, 0.717) is 0 Å². The lowest BCUT2D eigenvalue weighted by Crippen LogP contribution is -2.63. The van der Waals surface area contributed by atoms with Gasteiger partial charge < -0.3 is 41.2 Å². The molecule has 4 amide bonds. The van der Waals surface area contributed by atoms with Gasteiger partial charge in [0.1, 0.15) is 30.2 Å². The van der Waals surface area contributed by atoms with Crippen LogP contribution in [0.25, 0.3) is 0 Å². The number of nitrogens with two attached hydrogens (primary N) is 1. The molecule has 6 N–H and O–H groups in total. The van der Waals surface area contributed by atoms with Crippen molar-refractivity contribution in [3.8, 4) is 0 Å². The molecule has 0 spiro atoms. The first-order chi connectivity index (χ1) is 16.4. The van der Waals surface area contributed by atoms with Crippen molar-refractivity contribution in [2.75, 3.05) is 40.1 Å². The third-order valence-electron chi connectivity index (χ3n) is 5.02. The number of methoxy groups -OCH3 is 1. The molecule has 0 aliphatic carbocycles. The second kappa shape index (κ2) is 14.4. The van der Waals surface area contributed by atoms with E-state index >= 15 is 0 Å². The van der Waals surface area contributed by atoms with E-state index in [2.05, 4.69) is 26.0 Å². The Hall–Kier alpha value is -3.03. The Morgan fingerprint density at radius 2 is 1.71 bits per heavy atom. The Morgan fingerprint density at radius 1 is 1.11 bits per heavy atom. The van der Waals surface area contributed by atoms with Crippen LogP contribution in [0.3, 0.4) is 0 Å². The SMILES string of the molecule is COC(=O)CNC(=O)[C@@H]1COCC=CCOC[C@H](N)C(=O)NC(C)(C)C(=O)N[C@@H](C(C)C)C(=O)N1. The van der Waals surface area contributed by atoms with E-state index in [1.54, 1.807) is 26.0 Å². The zero-order chi connectivity index (χ0) is 26.6. The molecule has 1 aliphatic rings. The van der Waals surface area contributed by atoms with Crippen LogP contribution in [0.2, 0.25) is 0 Å². The highest BCUT2D eigenvalue weighted by atomic mass is 16.5. The van der Waals surface area contributed by atoms with E-state index in [4.69, 9.17) is 15.2 Å². The highest BCUT2D eigenvalue weighted by molar-refractivity contribution is 5.96. The van der Waals surface area contributed by atoms with Crippen molar-refractivity contribution in [2.45, 2.75) is 51.4 Å². The summed E-state index contributed by atoms with van der Waals surface area (Å²) in [5.74, 6) is -3.55. The molecule has 0 radical (unpaired) electrons. The van der Waals surface area contributed by atoms with Crippen molar-refractivity contribution in [1.82, 2.24) is 21.3 Å². The average Bonchev–Trinajstić information content (AvgIpc) is 2.79. The van der Waals surface area contributed by atoms with Crippen LogP contribution in [0.4, 0.5) is 0 Å². The molecule has 1 rings (SSSR count). The lowest BCUT2D eigenvalue weighted by atomic mass is 9.98. The van der Waals surface area contributed by atoms with Gasteiger partial charge in [-0.2, -0.15) is 0 Å². The van der Waals surface area contributed by atoms with Crippen molar-refractivity contribution in [3.05, 3.63) is 12.2 Å². The Labute approximate surface area is 204 Å². The molecule has 198 valence electrons. The van der Waals surface area contributed by atoms with E-state index in [1.807, 2.05) is 0 Å². The second-order valence-electron chi connectivity index (χ2n) is 8.82. The van der Waals surface area contributed by atoms with Gasteiger partial charge in [0.25, 0.3) is 0 Å². The van der Waals surface area contributed by atoms with Crippen LogP contribution in [0, 0.1) is 5.92 Å². The van der Waals surface area contributed by atoms with Gasteiger partial charge >= 0.3 is 5.97 Å². The number of amides is 4. The maximum Gasteiger partial charge on any atom is 0.325 e. The van der Waals surface area contributed by atoms with Crippen LogP contribution in [-0.4, -0.2) is 93.3 Å². The Balaban J connectivity index is 3.12. The van der Waals surface area contributed by atoms with Crippen LogP contribution in [0.15, 0.2) is 12.2 Å². The van der Waals surface area contributed by atoms with Crippen molar-refractivity contribution in [3.63, 3.8) is 0 Å². The quantitative estimate of drug-likeness (QED) is 0.210. The van der Waals surface area contributed by atoms with E-state index in [1.165, 1.54) is 21.0 Å². The van der Waals surface area contributed by atoms with Gasteiger partial charge in [-0.3, -0.25) is 24.0 Å². The largest absolute Gasteiger partial charge is 0.468 e. The van der Waals surface area contributed by atoms with Gasteiger partial charge in [-0.05, 0) is 19.8 Å². The van der Waals surface area contributed by atoms with Crippen LogP contribution in [0.5, 0.6) is 0 Å². The number of carbonyl (C=O) groups excluding carboxylic acids is 5. The third-order valence-corrected chi connectivity index (χ3v) is 5.02. The summed E-state index contributed by atoms with van der Waals surface area (Å²) in [4.78, 5) is 62.3. The van der Waals surface area contributed by atoms with E-state index in [0.717, 1.165) is 0 Å². The normalized spacial score (nSPS) is 24.9. The summed E-state index contributed by atoms with van der Waals surface area (Å²) >= 11 is 0. The minimum atomic E-state index is -1.39. The van der Waals surface area contributed by atoms with Crippen LogP contribution in [0.1, 0.15) is 27.7 Å². The molecule has 0 bridgehead atoms. The fourth-order valence-electron chi connectivity index (χ4n) is 2.84. The summed E-state index contributed by atoms with van der Waals surface area (Å²) in [6, 6.07) is -3.19. The van der Waals surface area contributed by atoms with Gasteiger partial charge in [-0.15, -0.1) is 0 Å². The minimum Gasteiger partial charge on any atom is -0.468 e. The first-order valence-electron chi connectivity index (χ1n) is 11.2. The number of carbonyl (C=O) groups is 5. The van der Waals surface area contributed by atoms with E-state index < -0.39 is 53.3 Å². The molecular weight excluding hydrogens is 462 g/mol.